The smallest absolute Gasteiger partial charge is 0.236 e. The van der Waals surface area contributed by atoms with Crippen LogP contribution in [0.15, 0.2) is 97.1 Å². The number of carbonyl (C=O) groups is 2. The van der Waals surface area contributed by atoms with Crippen molar-refractivity contribution in [2.75, 3.05) is 28.4 Å². The molecule has 0 saturated heterocycles. The van der Waals surface area contributed by atoms with Gasteiger partial charge in [0.25, 0.3) is 0 Å². The minimum atomic E-state index is -1.89. The highest BCUT2D eigenvalue weighted by Crippen LogP contribution is 2.50. The van der Waals surface area contributed by atoms with E-state index < -0.39 is 51.3 Å². The zero-order valence-electron chi connectivity index (χ0n) is 34.4. The molecule has 0 aromatic heterocycles. The minimum Gasteiger partial charge on any atom is -0.496 e. The minimum absolute atomic E-state index is 0.266. The SMILES string of the molecule is COc1ccccc1C(O)(c1ccccc1OC)[C@H](NC(=O)C1(C(=O)N[C@H](C(C)(C)C)C(O)(c2ccccc2OC)c2ccccc2OC)CCC1)C(C)(C)C. The number of hydrogen-bond donors (Lipinski definition) is 4. The second-order valence-electron chi connectivity index (χ2n) is 16.8. The summed E-state index contributed by atoms with van der Waals surface area (Å²) >= 11 is 0. The van der Waals surface area contributed by atoms with Crippen molar-refractivity contribution in [3.05, 3.63) is 119 Å². The predicted molar refractivity (Wildman–Crippen MR) is 217 cm³/mol. The van der Waals surface area contributed by atoms with Crippen molar-refractivity contribution in [3.63, 3.8) is 0 Å². The third kappa shape index (κ3) is 7.44. The molecule has 1 saturated carbocycles. The van der Waals surface area contributed by atoms with Gasteiger partial charge in [-0.25, -0.2) is 0 Å². The third-order valence-corrected chi connectivity index (χ3v) is 11.3. The Bertz CT molecular complexity index is 1770. The summed E-state index contributed by atoms with van der Waals surface area (Å²) in [6.45, 7) is 11.6. The van der Waals surface area contributed by atoms with E-state index in [0.29, 0.717) is 51.7 Å². The van der Waals surface area contributed by atoms with E-state index in [2.05, 4.69) is 10.6 Å². The summed E-state index contributed by atoms with van der Waals surface area (Å²) in [5.41, 5.74) is -5.18. The van der Waals surface area contributed by atoms with E-state index in [1.165, 1.54) is 28.4 Å². The number of para-hydroxylation sites is 4. The number of rotatable bonds is 14. The Labute approximate surface area is 331 Å². The number of aliphatic hydroxyl groups is 2. The standard InChI is InChI=1S/C46H58N2O8/c1-42(2,3)38(45(51,30-20-11-15-24-34(30)53-7)31-21-12-16-25-35(31)54-8)47-40(49)44(28-19-29-44)41(50)48-39(43(4,5)6)46(52,32-22-13-17-26-36(32)55-9)33-23-14-18-27-37(33)56-10/h11-18,20-27,38-39,51-52H,19,28-29H2,1-10H3,(H,47,49)(H,48,50)/t38-,39-/m1/s1. The van der Waals surface area contributed by atoms with Crippen molar-refractivity contribution >= 4 is 11.8 Å². The molecule has 2 atom stereocenters. The van der Waals surface area contributed by atoms with E-state index in [0.717, 1.165) is 0 Å². The van der Waals surface area contributed by atoms with E-state index in [1.54, 1.807) is 72.8 Å². The lowest BCUT2D eigenvalue weighted by Crippen LogP contribution is -2.66. The fraction of sp³-hybridized carbons (Fsp3) is 0.435. The summed E-state index contributed by atoms with van der Waals surface area (Å²) in [7, 11) is 6.12. The zero-order valence-corrected chi connectivity index (χ0v) is 34.4. The van der Waals surface area contributed by atoms with Crippen molar-refractivity contribution < 1.29 is 38.7 Å². The van der Waals surface area contributed by atoms with Crippen LogP contribution in [0.5, 0.6) is 23.0 Å². The lowest BCUT2D eigenvalue weighted by Gasteiger charge is -2.49. The quantitative estimate of drug-likeness (QED) is 0.0997. The molecule has 10 nitrogen and oxygen atoms in total. The molecule has 0 radical (unpaired) electrons. The Morgan fingerprint density at radius 1 is 0.518 bits per heavy atom. The van der Waals surface area contributed by atoms with Crippen LogP contribution in [0.3, 0.4) is 0 Å². The van der Waals surface area contributed by atoms with Gasteiger partial charge < -0.3 is 39.8 Å². The summed E-state index contributed by atoms with van der Waals surface area (Å²) in [5.74, 6) is 0.604. The lowest BCUT2D eigenvalue weighted by molar-refractivity contribution is -0.155. The van der Waals surface area contributed by atoms with Gasteiger partial charge in [-0.05, 0) is 47.9 Å². The number of methoxy groups -OCH3 is 4. The highest BCUT2D eigenvalue weighted by atomic mass is 16.5. The Kier molecular flexibility index (Phi) is 12.2. The molecule has 0 aliphatic heterocycles. The molecule has 0 unspecified atom stereocenters. The molecule has 4 N–H and O–H groups in total. The average Bonchev–Trinajstić information content (AvgIpc) is 3.17. The van der Waals surface area contributed by atoms with Gasteiger partial charge in [0, 0.05) is 22.3 Å². The van der Waals surface area contributed by atoms with Crippen LogP contribution in [-0.2, 0) is 20.8 Å². The van der Waals surface area contributed by atoms with Gasteiger partial charge in [-0.3, -0.25) is 9.59 Å². The maximum Gasteiger partial charge on any atom is 0.236 e. The Hall–Kier alpha value is -5.06. The Morgan fingerprint density at radius 2 is 0.768 bits per heavy atom. The maximum absolute atomic E-state index is 15.0. The van der Waals surface area contributed by atoms with Crippen LogP contribution in [0.2, 0.25) is 0 Å². The van der Waals surface area contributed by atoms with Crippen LogP contribution in [0.4, 0.5) is 0 Å². The zero-order chi connectivity index (χ0) is 41.1. The number of hydrogen-bond acceptors (Lipinski definition) is 8. The molecule has 10 heteroatoms. The van der Waals surface area contributed by atoms with Crippen molar-refractivity contribution in [1.29, 1.82) is 0 Å². The largest absolute Gasteiger partial charge is 0.496 e. The average molecular weight is 767 g/mol. The Morgan fingerprint density at radius 3 is 0.964 bits per heavy atom. The normalized spacial score (nSPS) is 15.4. The van der Waals surface area contributed by atoms with Crippen LogP contribution in [-0.4, -0.2) is 62.6 Å². The van der Waals surface area contributed by atoms with E-state index in [1.807, 2.05) is 65.8 Å². The van der Waals surface area contributed by atoms with Gasteiger partial charge in [0.2, 0.25) is 11.8 Å². The van der Waals surface area contributed by atoms with Gasteiger partial charge in [0.15, 0.2) is 0 Å². The van der Waals surface area contributed by atoms with Crippen LogP contribution >= 0.6 is 0 Å². The van der Waals surface area contributed by atoms with Crippen LogP contribution in [0, 0.1) is 16.2 Å². The van der Waals surface area contributed by atoms with Crippen LogP contribution in [0.25, 0.3) is 0 Å². The molecule has 4 aromatic carbocycles. The molecule has 1 aliphatic rings. The van der Waals surface area contributed by atoms with Crippen LogP contribution < -0.4 is 29.6 Å². The first-order valence-corrected chi connectivity index (χ1v) is 19.1. The topological polar surface area (TPSA) is 136 Å². The molecule has 0 bridgehead atoms. The van der Waals surface area contributed by atoms with Gasteiger partial charge in [0.1, 0.15) is 39.6 Å². The Balaban J connectivity index is 1.64. The summed E-state index contributed by atoms with van der Waals surface area (Å²) in [4.78, 5) is 30.1. The monoisotopic (exact) mass is 766 g/mol. The summed E-state index contributed by atoms with van der Waals surface area (Å²) in [6.07, 6.45) is 1.16. The number of nitrogens with one attached hydrogen (secondary N) is 2. The molecule has 0 spiro atoms. The predicted octanol–water partition coefficient (Wildman–Crippen LogP) is 7.13. The van der Waals surface area contributed by atoms with E-state index in [9.17, 15) is 10.2 Å². The fourth-order valence-corrected chi connectivity index (χ4v) is 8.27. The number of benzene rings is 4. The van der Waals surface area contributed by atoms with Crippen molar-refractivity contribution in [3.8, 4) is 23.0 Å². The summed E-state index contributed by atoms with van der Waals surface area (Å²) in [5, 5.41) is 33.0. The molecule has 0 heterocycles. The summed E-state index contributed by atoms with van der Waals surface area (Å²) < 4.78 is 23.1. The first-order valence-electron chi connectivity index (χ1n) is 19.1. The summed E-state index contributed by atoms with van der Waals surface area (Å²) in [6, 6.07) is 26.6. The number of carbonyl (C=O) groups excluding carboxylic acids is 2. The molecule has 1 aliphatic carbocycles. The van der Waals surface area contributed by atoms with Crippen molar-refractivity contribution in [1.82, 2.24) is 10.6 Å². The molecule has 56 heavy (non-hydrogen) atoms. The van der Waals surface area contributed by atoms with E-state index in [-0.39, 0.29) is 12.8 Å². The molecule has 4 aromatic rings. The van der Waals surface area contributed by atoms with E-state index in [4.69, 9.17) is 18.9 Å². The molecule has 2 amide bonds. The van der Waals surface area contributed by atoms with Gasteiger partial charge in [-0.15, -0.1) is 0 Å². The van der Waals surface area contributed by atoms with Crippen molar-refractivity contribution in [2.24, 2.45) is 16.2 Å². The second kappa shape index (κ2) is 16.2. The molecular formula is C46H58N2O8. The second-order valence-corrected chi connectivity index (χ2v) is 16.8. The fourth-order valence-electron chi connectivity index (χ4n) is 8.27. The lowest BCUT2D eigenvalue weighted by atomic mass is 9.64. The van der Waals surface area contributed by atoms with Gasteiger partial charge in [0.05, 0.1) is 40.5 Å². The first kappa shape index (κ1) is 42.1. The highest BCUT2D eigenvalue weighted by Gasteiger charge is 2.58. The third-order valence-electron chi connectivity index (χ3n) is 11.3. The number of ether oxygens (including phenoxy) is 4. The molecule has 1 fully saturated rings. The van der Waals surface area contributed by atoms with Crippen LogP contribution in [0.1, 0.15) is 83.1 Å². The number of amides is 2. The van der Waals surface area contributed by atoms with Gasteiger partial charge in [-0.2, -0.15) is 0 Å². The highest BCUT2D eigenvalue weighted by molar-refractivity contribution is 6.06. The van der Waals surface area contributed by atoms with E-state index >= 15 is 9.59 Å². The molecular weight excluding hydrogens is 709 g/mol. The van der Waals surface area contributed by atoms with Crippen molar-refractivity contribution in [2.45, 2.75) is 84.1 Å². The molecule has 5 rings (SSSR count). The first-order chi connectivity index (χ1) is 26.4. The van der Waals surface area contributed by atoms with Gasteiger partial charge >= 0.3 is 0 Å². The molecule has 300 valence electrons. The maximum atomic E-state index is 15.0. The van der Waals surface area contributed by atoms with Gasteiger partial charge in [-0.1, -0.05) is 121 Å².